The van der Waals surface area contributed by atoms with Gasteiger partial charge < -0.3 is 10.1 Å². The van der Waals surface area contributed by atoms with Gasteiger partial charge in [0.1, 0.15) is 17.2 Å². The van der Waals surface area contributed by atoms with Crippen LogP contribution in [0.2, 0.25) is 0 Å². The molecule has 0 saturated carbocycles. The Hall–Kier alpha value is -1.98. The second kappa shape index (κ2) is 6.09. The van der Waals surface area contributed by atoms with E-state index in [-0.39, 0.29) is 6.42 Å². The Bertz CT molecular complexity index is 442. The summed E-state index contributed by atoms with van der Waals surface area (Å²) in [5.74, 6) is -3.31. The highest BCUT2D eigenvalue weighted by Crippen LogP contribution is 2.12. The van der Waals surface area contributed by atoms with Crippen LogP contribution < -0.4 is 5.32 Å². The van der Waals surface area contributed by atoms with Crippen LogP contribution in [0.3, 0.4) is 0 Å². The molecule has 1 aromatic rings. The Morgan fingerprint density at radius 1 is 1.33 bits per heavy atom. The second-order valence-electron chi connectivity index (χ2n) is 3.75. The summed E-state index contributed by atoms with van der Waals surface area (Å²) < 4.78 is 31.0. The molecule has 1 aromatic carbocycles. The van der Waals surface area contributed by atoms with Crippen molar-refractivity contribution in [1.29, 1.82) is 0 Å². The molecule has 6 heteroatoms. The number of rotatable bonds is 4. The summed E-state index contributed by atoms with van der Waals surface area (Å²) >= 11 is 0. The monoisotopic (exact) mass is 257 g/mol. The van der Waals surface area contributed by atoms with Gasteiger partial charge in [0.05, 0.1) is 13.5 Å². The quantitative estimate of drug-likeness (QED) is 0.834. The van der Waals surface area contributed by atoms with Gasteiger partial charge in [0, 0.05) is 6.04 Å². The summed E-state index contributed by atoms with van der Waals surface area (Å²) in [7, 11) is 1.22. The summed E-state index contributed by atoms with van der Waals surface area (Å²) in [6, 6.07) is 2.56. The minimum Gasteiger partial charge on any atom is -0.469 e. The van der Waals surface area contributed by atoms with E-state index < -0.39 is 35.1 Å². The number of amides is 1. The maximum atomic E-state index is 13.3. The number of ether oxygens (including phenoxy) is 1. The fourth-order valence-electron chi connectivity index (χ4n) is 1.40. The SMILES string of the molecule is COC(=O)C[C@@H](C)NC(=O)c1c(F)cccc1F. The third-order valence-corrected chi connectivity index (χ3v) is 2.27. The molecule has 0 aliphatic rings. The lowest BCUT2D eigenvalue weighted by atomic mass is 10.1. The molecule has 0 aliphatic carbocycles. The molecule has 98 valence electrons. The van der Waals surface area contributed by atoms with Crippen LogP contribution in [0, 0.1) is 11.6 Å². The smallest absolute Gasteiger partial charge is 0.307 e. The van der Waals surface area contributed by atoms with Crippen molar-refractivity contribution in [1.82, 2.24) is 5.32 Å². The van der Waals surface area contributed by atoms with Crippen LogP contribution >= 0.6 is 0 Å². The molecule has 0 radical (unpaired) electrons. The molecule has 0 bridgehead atoms. The first kappa shape index (κ1) is 14.1. The van der Waals surface area contributed by atoms with Crippen molar-refractivity contribution in [2.45, 2.75) is 19.4 Å². The molecule has 1 amide bonds. The Labute approximate surface area is 103 Å². The maximum Gasteiger partial charge on any atom is 0.307 e. The highest BCUT2D eigenvalue weighted by Gasteiger charge is 2.19. The van der Waals surface area contributed by atoms with Crippen LogP contribution in [0.4, 0.5) is 8.78 Å². The molecule has 1 rings (SSSR count). The molecule has 0 spiro atoms. The van der Waals surface area contributed by atoms with Gasteiger partial charge in [-0.05, 0) is 19.1 Å². The molecule has 18 heavy (non-hydrogen) atoms. The minimum absolute atomic E-state index is 0.0711. The van der Waals surface area contributed by atoms with Crippen LogP contribution in [-0.4, -0.2) is 25.0 Å². The largest absolute Gasteiger partial charge is 0.469 e. The molecule has 0 aliphatic heterocycles. The number of hydrogen-bond acceptors (Lipinski definition) is 3. The van der Waals surface area contributed by atoms with E-state index in [0.717, 1.165) is 12.1 Å². The fraction of sp³-hybridized carbons (Fsp3) is 0.333. The van der Waals surface area contributed by atoms with E-state index in [2.05, 4.69) is 10.1 Å². The third-order valence-electron chi connectivity index (χ3n) is 2.27. The van der Waals surface area contributed by atoms with Crippen LogP contribution in [0.5, 0.6) is 0 Å². The number of carbonyl (C=O) groups is 2. The maximum absolute atomic E-state index is 13.3. The minimum atomic E-state index is -0.947. The van der Waals surface area contributed by atoms with Gasteiger partial charge in [-0.15, -0.1) is 0 Å². The molecule has 1 N–H and O–H groups in total. The van der Waals surface area contributed by atoms with E-state index in [1.807, 2.05) is 0 Å². The summed E-state index contributed by atoms with van der Waals surface area (Å²) in [5, 5.41) is 2.32. The van der Waals surface area contributed by atoms with Gasteiger partial charge in [-0.1, -0.05) is 6.07 Å². The van der Waals surface area contributed by atoms with Gasteiger partial charge in [0.15, 0.2) is 0 Å². The standard InChI is InChI=1S/C12H13F2NO3/c1-7(6-10(16)18-2)15-12(17)11-8(13)4-3-5-9(11)14/h3-5,7H,6H2,1-2H3,(H,15,17)/t7-/m1/s1. The first-order chi connectivity index (χ1) is 8.45. The molecule has 0 saturated heterocycles. The van der Waals surface area contributed by atoms with E-state index in [1.165, 1.54) is 20.1 Å². The molecule has 0 heterocycles. The molecule has 0 unspecified atom stereocenters. The van der Waals surface area contributed by atoms with Crippen molar-refractivity contribution in [2.75, 3.05) is 7.11 Å². The van der Waals surface area contributed by atoms with Gasteiger partial charge in [-0.3, -0.25) is 9.59 Å². The van der Waals surface area contributed by atoms with Crippen molar-refractivity contribution in [3.63, 3.8) is 0 Å². The fourth-order valence-corrected chi connectivity index (χ4v) is 1.40. The summed E-state index contributed by atoms with van der Waals surface area (Å²) in [5.41, 5.74) is -0.658. The highest BCUT2D eigenvalue weighted by molar-refractivity contribution is 5.95. The molecule has 4 nitrogen and oxygen atoms in total. The highest BCUT2D eigenvalue weighted by atomic mass is 19.1. The van der Waals surface area contributed by atoms with Gasteiger partial charge in [-0.2, -0.15) is 0 Å². The van der Waals surface area contributed by atoms with Gasteiger partial charge in [0.25, 0.3) is 5.91 Å². The predicted molar refractivity (Wildman–Crippen MR) is 59.9 cm³/mol. The normalized spacial score (nSPS) is 11.8. The van der Waals surface area contributed by atoms with E-state index in [0.29, 0.717) is 0 Å². The van der Waals surface area contributed by atoms with E-state index in [1.54, 1.807) is 0 Å². The summed E-state index contributed by atoms with van der Waals surface area (Å²) in [6.45, 7) is 1.54. The number of benzene rings is 1. The zero-order valence-electron chi connectivity index (χ0n) is 10.00. The van der Waals surface area contributed by atoms with Crippen molar-refractivity contribution in [2.24, 2.45) is 0 Å². The second-order valence-corrected chi connectivity index (χ2v) is 3.75. The zero-order chi connectivity index (χ0) is 13.7. The average Bonchev–Trinajstić information content (AvgIpc) is 2.28. The lowest BCUT2D eigenvalue weighted by Gasteiger charge is -2.13. The van der Waals surface area contributed by atoms with Crippen LogP contribution in [0.15, 0.2) is 18.2 Å². The Morgan fingerprint density at radius 2 is 1.89 bits per heavy atom. The van der Waals surface area contributed by atoms with Gasteiger partial charge in [0.2, 0.25) is 0 Å². The Kier molecular flexibility index (Phi) is 4.76. The zero-order valence-corrected chi connectivity index (χ0v) is 10.00. The lowest BCUT2D eigenvalue weighted by molar-refractivity contribution is -0.141. The molecular weight excluding hydrogens is 244 g/mol. The van der Waals surface area contributed by atoms with Gasteiger partial charge >= 0.3 is 5.97 Å². The van der Waals surface area contributed by atoms with Crippen molar-refractivity contribution >= 4 is 11.9 Å². The first-order valence-electron chi connectivity index (χ1n) is 5.27. The third kappa shape index (κ3) is 3.51. The predicted octanol–water partition coefficient (Wildman–Crippen LogP) is 1.65. The Morgan fingerprint density at radius 3 is 2.39 bits per heavy atom. The lowest BCUT2D eigenvalue weighted by Crippen LogP contribution is -2.35. The number of hydrogen-bond donors (Lipinski definition) is 1. The van der Waals surface area contributed by atoms with Gasteiger partial charge in [-0.25, -0.2) is 8.78 Å². The first-order valence-corrected chi connectivity index (χ1v) is 5.27. The number of carbonyl (C=O) groups excluding carboxylic acids is 2. The van der Waals surface area contributed by atoms with Crippen LogP contribution in [-0.2, 0) is 9.53 Å². The number of methoxy groups -OCH3 is 1. The number of esters is 1. The van der Waals surface area contributed by atoms with Crippen molar-refractivity contribution < 1.29 is 23.1 Å². The van der Waals surface area contributed by atoms with E-state index in [9.17, 15) is 18.4 Å². The topological polar surface area (TPSA) is 55.4 Å². The van der Waals surface area contributed by atoms with E-state index >= 15 is 0 Å². The molecule has 0 aromatic heterocycles. The van der Waals surface area contributed by atoms with E-state index in [4.69, 9.17) is 0 Å². The average molecular weight is 257 g/mol. The number of nitrogens with one attached hydrogen (secondary N) is 1. The van der Waals surface area contributed by atoms with Crippen molar-refractivity contribution in [3.8, 4) is 0 Å². The van der Waals surface area contributed by atoms with Crippen molar-refractivity contribution in [3.05, 3.63) is 35.4 Å². The summed E-state index contributed by atoms with van der Waals surface area (Å²) in [6.07, 6.45) is -0.0711. The Balaban J connectivity index is 2.74. The van der Waals surface area contributed by atoms with Crippen LogP contribution in [0.1, 0.15) is 23.7 Å². The molecule has 0 fully saturated rings. The molecule has 1 atom stereocenters. The summed E-state index contributed by atoms with van der Waals surface area (Å²) in [4.78, 5) is 22.6. The van der Waals surface area contributed by atoms with Crippen LogP contribution in [0.25, 0.3) is 0 Å². The molecular formula is C12H13F2NO3. The number of halogens is 2.